The molecule has 0 spiro atoms. The molecule has 1 N–H and O–H groups in total. The van der Waals surface area contributed by atoms with E-state index in [4.69, 9.17) is 4.99 Å². The lowest BCUT2D eigenvalue weighted by molar-refractivity contribution is -0.385. The van der Waals surface area contributed by atoms with Crippen LogP contribution in [0.15, 0.2) is 53.5 Å². The first-order valence-electron chi connectivity index (χ1n) is 9.15. The average Bonchev–Trinajstić information content (AvgIpc) is 2.68. The van der Waals surface area contributed by atoms with Crippen LogP contribution in [0.3, 0.4) is 0 Å². The molecular formula is C20H25N5O2. The Bertz CT molecular complexity index is 900. The maximum Gasteiger partial charge on any atom is 0.270 e. The smallest absolute Gasteiger partial charge is 0.270 e. The van der Waals surface area contributed by atoms with Gasteiger partial charge in [0.05, 0.1) is 10.3 Å². The molecule has 0 saturated heterocycles. The molecular weight excluding hydrogens is 342 g/mol. The van der Waals surface area contributed by atoms with Crippen LogP contribution < -0.4 is 20.8 Å². The lowest BCUT2D eigenvalue weighted by Crippen LogP contribution is -2.47. The summed E-state index contributed by atoms with van der Waals surface area (Å²) in [6.45, 7) is 5.66. The Morgan fingerprint density at radius 1 is 1.26 bits per heavy atom. The van der Waals surface area contributed by atoms with Crippen molar-refractivity contribution >= 4 is 17.6 Å². The van der Waals surface area contributed by atoms with Gasteiger partial charge in [0.25, 0.3) is 5.69 Å². The molecule has 0 amide bonds. The number of anilines is 1. The highest BCUT2D eigenvalue weighted by molar-refractivity contribution is 5.60. The van der Waals surface area contributed by atoms with Crippen LogP contribution in [-0.4, -0.2) is 49.2 Å². The number of nitrogens with one attached hydrogen (secondary N) is 1. The number of para-hydroxylation sites is 1. The quantitative estimate of drug-likeness (QED) is 0.433. The lowest BCUT2D eigenvalue weighted by Gasteiger charge is -2.33. The van der Waals surface area contributed by atoms with E-state index in [1.807, 2.05) is 36.5 Å². The molecule has 3 rings (SSSR count). The molecule has 7 heteroatoms. The van der Waals surface area contributed by atoms with Crippen LogP contribution in [-0.2, 0) is 0 Å². The van der Waals surface area contributed by atoms with Crippen molar-refractivity contribution in [1.29, 1.82) is 0 Å². The molecule has 7 nitrogen and oxygen atoms in total. The topological polar surface area (TPSA) is 74.0 Å². The van der Waals surface area contributed by atoms with Crippen LogP contribution in [0.4, 0.5) is 11.4 Å². The van der Waals surface area contributed by atoms with Crippen LogP contribution in [0, 0.1) is 10.1 Å². The molecule has 2 aromatic rings. The van der Waals surface area contributed by atoms with E-state index in [0.717, 1.165) is 42.4 Å². The number of hydrogen-bond acceptors (Lipinski definition) is 6. The van der Waals surface area contributed by atoms with E-state index >= 15 is 0 Å². The summed E-state index contributed by atoms with van der Waals surface area (Å²) in [5.41, 5.74) is 1.10. The van der Waals surface area contributed by atoms with Crippen molar-refractivity contribution < 1.29 is 4.92 Å². The van der Waals surface area contributed by atoms with Crippen molar-refractivity contribution in [2.24, 2.45) is 4.99 Å². The van der Waals surface area contributed by atoms with Gasteiger partial charge in [-0.15, -0.1) is 0 Å². The molecule has 0 aliphatic carbocycles. The summed E-state index contributed by atoms with van der Waals surface area (Å²) >= 11 is 0. The normalized spacial score (nSPS) is 15.8. The van der Waals surface area contributed by atoms with E-state index in [-0.39, 0.29) is 16.8 Å². The van der Waals surface area contributed by atoms with Crippen LogP contribution in [0.5, 0.6) is 0 Å². The van der Waals surface area contributed by atoms with E-state index < -0.39 is 0 Å². The van der Waals surface area contributed by atoms with Crippen molar-refractivity contribution in [3.63, 3.8) is 0 Å². The van der Waals surface area contributed by atoms with Gasteiger partial charge in [0, 0.05) is 48.9 Å². The monoisotopic (exact) mass is 367 g/mol. The Labute approximate surface area is 158 Å². The van der Waals surface area contributed by atoms with Crippen molar-refractivity contribution in [3.8, 4) is 0 Å². The molecule has 1 unspecified atom stereocenters. The SMILES string of the molecule is CCNCCN(C)CC1N=c2ccc([N+](=O)[O-])cc2=CN1c1ccccc1. The fraction of sp³-hybridized carbons (Fsp3) is 0.350. The molecule has 0 bridgehead atoms. The van der Waals surface area contributed by atoms with E-state index in [9.17, 15) is 10.1 Å². The van der Waals surface area contributed by atoms with Gasteiger partial charge in [-0.3, -0.25) is 15.1 Å². The standard InChI is InChI=1S/C20H25N5O2/c1-3-21-11-12-23(2)15-20-22-19-10-9-18(25(26)27)13-16(19)14-24(20)17-7-5-4-6-8-17/h4-10,13-14,20-21H,3,11-12,15H2,1-2H3. The number of non-ortho nitro benzene ring substituents is 1. The summed E-state index contributed by atoms with van der Waals surface area (Å²) in [5.74, 6) is 0. The van der Waals surface area contributed by atoms with Gasteiger partial charge >= 0.3 is 0 Å². The molecule has 0 radical (unpaired) electrons. The molecule has 0 saturated carbocycles. The van der Waals surface area contributed by atoms with E-state index in [2.05, 4.69) is 29.1 Å². The number of hydrogen-bond donors (Lipinski definition) is 1. The zero-order valence-corrected chi connectivity index (χ0v) is 15.7. The number of benzene rings is 2. The van der Waals surface area contributed by atoms with Crippen molar-refractivity contribution in [2.75, 3.05) is 38.1 Å². The van der Waals surface area contributed by atoms with Gasteiger partial charge in [0.15, 0.2) is 0 Å². The third kappa shape index (κ3) is 4.69. The largest absolute Gasteiger partial charge is 0.324 e. The third-order valence-corrected chi connectivity index (χ3v) is 4.56. The molecule has 142 valence electrons. The number of likely N-dealkylation sites (N-methyl/N-ethyl adjacent to an activating group) is 2. The number of nitrogens with zero attached hydrogens (tertiary/aromatic N) is 4. The van der Waals surface area contributed by atoms with Gasteiger partial charge < -0.3 is 15.1 Å². The minimum absolute atomic E-state index is 0.0782. The predicted octanol–water partition coefficient (Wildman–Crippen LogP) is 1.34. The van der Waals surface area contributed by atoms with Crippen molar-refractivity contribution in [1.82, 2.24) is 10.2 Å². The molecule has 1 aliphatic rings. The summed E-state index contributed by atoms with van der Waals surface area (Å²) in [4.78, 5) is 20.0. The van der Waals surface area contributed by atoms with Gasteiger partial charge in [0.1, 0.15) is 6.17 Å². The second-order valence-electron chi connectivity index (χ2n) is 6.60. The molecule has 1 atom stereocenters. The zero-order valence-electron chi connectivity index (χ0n) is 15.7. The maximum absolute atomic E-state index is 11.1. The van der Waals surface area contributed by atoms with E-state index in [1.165, 1.54) is 6.07 Å². The molecule has 27 heavy (non-hydrogen) atoms. The molecule has 1 heterocycles. The summed E-state index contributed by atoms with van der Waals surface area (Å²) in [5, 5.41) is 16.0. The van der Waals surface area contributed by atoms with Crippen molar-refractivity contribution in [2.45, 2.75) is 13.1 Å². The Balaban J connectivity index is 1.93. The van der Waals surface area contributed by atoms with Gasteiger partial charge in [-0.1, -0.05) is 25.1 Å². The van der Waals surface area contributed by atoms with E-state index in [1.54, 1.807) is 12.1 Å². The highest BCUT2D eigenvalue weighted by Gasteiger charge is 2.21. The molecule has 2 aromatic carbocycles. The first-order chi connectivity index (χ1) is 13.1. The number of fused-ring (bicyclic) bond motifs is 1. The summed E-state index contributed by atoms with van der Waals surface area (Å²) < 4.78 is 0. The van der Waals surface area contributed by atoms with Crippen LogP contribution in [0.1, 0.15) is 6.92 Å². The minimum Gasteiger partial charge on any atom is -0.324 e. The Hall–Kier alpha value is -2.77. The fourth-order valence-corrected chi connectivity index (χ4v) is 3.13. The minimum atomic E-state index is -0.373. The van der Waals surface area contributed by atoms with Gasteiger partial charge in [0.2, 0.25) is 0 Å². The number of nitro groups is 1. The van der Waals surface area contributed by atoms with Gasteiger partial charge in [-0.2, -0.15) is 0 Å². The Morgan fingerprint density at radius 3 is 2.74 bits per heavy atom. The first kappa shape index (κ1) is 19.0. The van der Waals surface area contributed by atoms with Crippen LogP contribution >= 0.6 is 0 Å². The Morgan fingerprint density at radius 2 is 2.04 bits per heavy atom. The fourth-order valence-electron chi connectivity index (χ4n) is 3.13. The Kier molecular flexibility index (Phi) is 6.16. The lowest BCUT2D eigenvalue weighted by atomic mass is 10.2. The maximum atomic E-state index is 11.1. The molecule has 0 fully saturated rings. The van der Waals surface area contributed by atoms with Crippen LogP contribution in [0.25, 0.3) is 6.20 Å². The molecule has 0 aromatic heterocycles. The average molecular weight is 367 g/mol. The highest BCUT2D eigenvalue weighted by atomic mass is 16.6. The zero-order chi connectivity index (χ0) is 19.2. The number of rotatable bonds is 8. The second kappa shape index (κ2) is 8.75. The summed E-state index contributed by atoms with van der Waals surface area (Å²) in [6, 6.07) is 14.8. The van der Waals surface area contributed by atoms with E-state index in [0.29, 0.717) is 0 Å². The van der Waals surface area contributed by atoms with Crippen LogP contribution in [0.2, 0.25) is 0 Å². The highest BCUT2D eigenvalue weighted by Crippen LogP contribution is 2.19. The summed E-state index contributed by atoms with van der Waals surface area (Å²) in [6.07, 6.45) is 1.88. The van der Waals surface area contributed by atoms with Gasteiger partial charge in [-0.05, 0) is 31.8 Å². The van der Waals surface area contributed by atoms with Gasteiger partial charge in [-0.25, -0.2) is 0 Å². The second-order valence-corrected chi connectivity index (χ2v) is 6.60. The predicted molar refractivity (Wildman–Crippen MR) is 107 cm³/mol. The first-order valence-corrected chi connectivity index (χ1v) is 9.15. The third-order valence-electron chi connectivity index (χ3n) is 4.56. The molecule has 1 aliphatic heterocycles. The van der Waals surface area contributed by atoms with Crippen molar-refractivity contribution in [3.05, 3.63) is 69.2 Å². The number of nitro benzene ring substituents is 1. The summed E-state index contributed by atoms with van der Waals surface area (Å²) in [7, 11) is 2.08.